The maximum absolute atomic E-state index is 12.0. The number of nitrogens with zero attached hydrogens (tertiary/aromatic N) is 1. The average Bonchev–Trinajstić information content (AvgIpc) is 2.47. The van der Waals surface area contributed by atoms with Crippen molar-refractivity contribution >= 4 is 29.1 Å². The van der Waals surface area contributed by atoms with Crippen molar-refractivity contribution in [1.29, 1.82) is 0 Å². The molecule has 0 radical (unpaired) electrons. The second kappa shape index (κ2) is 12.3. The standard InChI is InChI=1S/C15H27Cl2NO3/c1-5-9-18(15(19)14(16)17)10-12(11-20-7-3)13(6-2)21-8-4/h5,12-14H,1,6-11H2,2-4H3. The van der Waals surface area contributed by atoms with Crippen molar-refractivity contribution in [1.82, 2.24) is 4.90 Å². The number of carbonyl (C=O) groups excluding carboxylic acids is 1. The fourth-order valence-electron chi connectivity index (χ4n) is 2.18. The quantitative estimate of drug-likeness (QED) is 0.404. The minimum atomic E-state index is -1.06. The molecule has 6 heteroatoms. The second-order valence-electron chi connectivity index (χ2n) is 4.65. The molecule has 0 aromatic heterocycles. The summed E-state index contributed by atoms with van der Waals surface area (Å²) in [5, 5.41) is 0. The number of hydrogen-bond donors (Lipinski definition) is 0. The topological polar surface area (TPSA) is 38.8 Å². The van der Waals surface area contributed by atoms with Gasteiger partial charge in [0.15, 0.2) is 4.84 Å². The molecule has 0 aromatic carbocycles. The third-order valence-electron chi connectivity index (χ3n) is 3.15. The molecule has 4 nitrogen and oxygen atoms in total. The maximum Gasteiger partial charge on any atom is 0.256 e. The smallest absolute Gasteiger partial charge is 0.256 e. The van der Waals surface area contributed by atoms with Gasteiger partial charge in [-0.25, -0.2) is 0 Å². The van der Waals surface area contributed by atoms with E-state index in [1.807, 2.05) is 13.8 Å². The molecule has 21 heavy (non-hydrogen) atoms. The van der Waals surface area contributed by atoms with Crippen molar-refractivity contribution < 1.29 is 14.3 Å². The van der Waals surface area contributed by atoms with Gasteiger partial charge in [0.25, 0.3) is 5.91 Å². The van der Waals surface area contributed by atoms with Crippen LogP contribution in [-0.2, 0) is 14.3 Å². The van der Waals surface area contributed by atoms with E-state index in [1.54, 1.807) is 11.0 Å². The Kier molecular flexibility index (Phi) is 12.1. The Balaban J connectivity index is 4.93. The van der Waals surface area contributed by atoms with E-state index in [1.165, 1.54) is 0 Å². The summed E-state index contributed by atoms with van der Waals surface area (Å²) in [5.41, 5.74) is 0. The molecule has 0 saturated heterocycles. The monoisotopic (exact) mass is 339 g/mol. The number of halogens is 2. The highest BCUT2D eigenvalue weighted by atomic mass is 35.5. The first-order valence-electron chi connectivity index (χ1n) is 7.38. The number of rotatable bonds is 12. The van der Waals surface area contributed by atoms with Gasteiger partial charge in [0.2, 0.25) is 0 Å². The van der Waals surface area contributed by atoms with Gasteiger partial charge in [-0.2, -0.15) is 0 Å². The van der Waals surface area contributed by atoms with Gasteiger partial charge < -0.3 is 14.4 Å². The second-order valence-corrected chi connectivity index (χ2v) is 5.75. The van der Waals surface area contributed by atoms with E-state index in [-0.39, 0.29) is 17.9 Å². The lowest BCUT2D eigenvalue weighted by Crippen LogP contribution is -2.43. The Hall–Kier alpha value is -0.290. The molecule has 2 atom stereocenters. The van der Waals surface area contributed by atoms with Crippen molar-refractivity contribution in [2.75, 3.05) is 32.9 Å². The lowest BCUT2D eigenvalue weighted by atomic mass is 10.00. The fraction of sp³-hybridized carbons (Fsp3) is 0.800. The largest absolute Gasteiger partial charge is 0.381 e. The molecular weight excluding hydrogens is 313 g/mol. The summed E-state index contributed by atoms with van der Waals surface area (Å²) < 4.78 is 11.3. The number of hydrogen-bond acceptors (Lipinski definition) is 3. The summed E-state index contributed by atoms with van der Waals surface area (Å²) in [4.78, 5) is 12.6. The van der Waals surface area contributed by atoms with E-state index in [9.17, 15) is 4.79 Å². The van der Waals surface area contributed by atoms with Crippen molar-refractivity contribution in [2.45, 2.75) is 38.1 Å². The fourth-order valence-corrected chi connectivity index (χ4v) is 2.46. The van der Waals surface area contributed by atoms with Crippen LogP contribution in [0.15, 0.2) is 12.7 Å². The lowest BCUT2D eigenvalue weighted by Gasteiger charge is -2.31. The molecule has 0 spiro atoms. The van der Waals surface area contributed by atoms with E-state index in [0.29, 0.717) is 32.9 Å². The number of ether oxygens (including phenoxy) is 2. The summed E-state index contributed by atoms with van der Waals surface area (Å²) in [5.74, 6) is -0.239. The predicted molar refractivity (Wildman–Crippen MR) is 88.0 cm³/mol. The first-order valence-corrected chi connectivity index (χ1v) is 8.26. The molecule has 0 saturated carbocycles. The molecule has 0 aliphatic carbocycles. The van der Waals surface area contributed by atoms with Gasteiger partial charge in [0, 0.05) is 32.2 Å². The molecule has 0 fully saturated rings. The van der Waals surface area contributed by atoms with E-state index >= 15 is 0 Å². The summed E-state index contributed by atoms with van der Waals surface area (Å²) in [6.07, 6.45) is 2.55. The summed E-state index contributed by atoms with van der Waals surface area (Å²) in [6.45, 7) is 12.3. The molecule has 0 heterocycles. The van der Waals surface area contributed by atoms with Crippen LogP contribution in [0.1, 0.15) is 27.2 Å². The van der Waals surface area contributed by atoms with E-state index in [2.05, 4.69) is 13.5 Å². The molecule has 0 aromatic rings. The first kappa shape index (κ1) is 20.7. The third-order valence-corrected chi connectivity index (χ3v) is 3.52. The third kappa shape index (κ3) is 8.05. The van der Waals surface area contributed by atoms with Crippen molar-refractivity contribution in [3.05, 3.63) is 12.7 Å². The Morgan fingerprint density at radius 3 is 2.38 bits per heavy atom. The molecule has 0 rings (SSSR count). The molecule has 2 unspecified atom stereocenters. The van der Waals surface area contributed by atoms with Gasteiger partial charge in [-0.05, 0) is 20.3 Å². The van der Waals surface area contributed by atoms with Crippen LogP contribution in [0.2, 0.25) is 0 Å². The van der Waals surface area contributed by atoms with Crippen molar-refractivity contribution in [3.8, 4) is 0 Å². The Morgan fingerprint density at radius 1 is 1.29 bits per heavy atom. The molecule has 1 amide bonds. The van der Waals surface area contributed by atoms with Crippen LogP contribution in [0.3, 0.4) is 0 Å². The maximum atomic E-state index is 12.0. The van der Waals surface area contributed by atoms with E-state index in [4.69, 9.17) is 32.7 Å². The van der Waals surface area contributed by atoms with Crippen molar-refractivity contribution in [2.24, 2.45) is 5.92 Å². The van der Waals surface area contributed by atoms with Gasteiger partial charge in [-0.3, -0.25) is 4.79 Å². The molecule has 0 aliphatic heterocycles. The van der Waals surface area contributed by atoms with Crippen molar-refractivity contribution in [3.63, 3.8) is 0 Å². The molecule has 0 bridgehead atoms. The molecular formula is C15H27Cl2NO3. The zero-order chi connectivity index (χ0) is 16.3. The van der Waals surface area contributed by atoms with Crippen LogP contribution >= 0.6 is 23.2 Å². The highest BCUT2D eigenvalue weighted by Gasteiger charge is 2.27. The number of amides is 1. The summed E-state index contributed by atoms with van der Waals surface area (Å²) in [6, 6.07) is 0. The van der Waals surface area contributed by atoms with Crippen LogP contribution in [0.25, 0.3) is 0 Å². The highest BCUT2D eigenvalue weighted by Crippen LogP contribution is 2.17. The Labute approximate surface area is 138 Å². The first-order chi connectivity index (χ1) is 10.0. The number of alkyl halides is 2. The normalized spacial score (nSPS) is 14.0. The molecule has 0 aliphatic rings. The number of carbonyl (C=O) groups is 1. The lowest BCUT2D eigenvalue weighted by molar-refractivity contribution is -0.131. The molecule has 124 valence electrons. The van der Waals surface area contributed by atoms with Gasteiger partial charge in [-0.1, -0.05) is 36.2 Å². The Bertz CT molecular complexity index is 301. The van der Waals surface area contributed by atoms with Gasteiger partial charge >= 0.3 is 0 Å². The molecule has 0 N–H and O–H groups in total. The van der Waals surface area contributed by atoms with Crippen LogP contribution < -0.4 is 0 Å². The summed E-state index contributed by atoms with van der Waals surface area (Å²) >= 11 is 11.4. The van der Waals surface area contributed by atoms with E-state index in [0.717, 1.165) is 6.42 Å². The minimum Gasteiger partial charge on any atom is -0.381 e. The van der Waals surface area contributed by atoms with Crippen LogP contribution in [-0.4, -0.2) is 54.7 Å². The zero-order valence-corrected chi connectivity index (χ0v) is 14.7. The van der Waals surface area contributed by atoms with Crippen LogP contribution in [0.4, 0.5) is 0 Å². The zero-order valence-electron chi connectivity index (χ0n) is 13.2. The van der Waals surface area contributed by atoms with Crippen LogP contribution in [0.5, 0.6) is 0 Å². The highest BCUT2D eigenvalue weighted by molar-refractivity contribution is 6.53. The average molecular weight is 340 g/mol. The van der Waals surface area contributed by atoms with Gasteiger partial charge in [0.05, 0.1) is 12.7 Å². The SMILES string of the molecule is C=CCN(CC(COCC)C(CC)OCC)C(=O)C(Cl)Cl. The van der Waals surface area contributed by atoms with E-state index < -0.39 is 4.84 Å². The van der Waals surface area contributed by atoms with Gasteiger partial charge in [-0.15, -0.1) is 6.58 Å². The minimum absolute atomic E-state index is 0.0331. The van der Waals surface area contributed by atoms with Gasteiger partial charge in [0.1, 0.15) is 0 Å². The Morgan fingerprint density at radius 2 is 1.95 bits per heavy atom. The van der Waals surface area contributed by atoms with Crippen LogP contribution in [0, 0.1) is 5.92 Å². The summed E-state index contributed by atoms with van der Waals surface area (Å²) in [7, 11) is 0. The predicted octanol–water partition coefficient (Wildman–Crippen LogP) is 3.27.